The van der Waals surface area contributed by atoms with Crippen LogP contribution in [0.1, 0.15) is 18.9 Å². The maximum absolute atomic E-state index is 10.0. The number of rotatable bonds is 14. The van der Waals surface area contributed by atoms with Crippen LogP contribution in [0.3, 0.4) is 0 Å². The Labute approximate surface area is 232 Å². The van der Waals surface area contributed by atoms with Gasteiger partial charge in [0, 0.05) is 30.1 Å². The molecule has 0 atom stereocenters. The van der Waals surface area contributed by atoms with Crippen molar-refractivity contribution in [2.75, 3.05) is 45.3 Å². The molecule has 0 radical (unpaired) electrons. The van der Waals surface area contributed by atoms with Crippen LogP contribution in [0, 0.1) is 11.3 Å². The average Bonchev–Trinajstić information content (AvgIpc) is 3.34. The van der Waals surface area contributed by atoms with E-state index in [1.54, 1.807) is 13.3 Å². The number of nitriles is 1. The minimum absolute atomic E-state index is 0.125. The van der Waals surface area contributed by atoms with Crippen LogP contribution in [0.2, 0.25) is 0 Å². The van der Waals surface area contributed by atoms with Crippen molar-refractivity contribution in [1.29, 1.82) is 5.26 Å². The van der Waals surface area contributed by atoms with E-state index < -0.39 is 0 Å². The van der Waals surface area contributed by atoms with Crippen molar-refractivity contribution in [3.8, 4) is 44.3 Å². The third-order valence-electron chi connectivity index (χ3n) is 5.66. The SMILES string of the molecule is CCOc1sc(-c2ccnc(Nc3cccc(OCCCNCCO)c3)n2)c(-c2cccc(OC)c2)c1C#N. The lowest BCUT2D eigenvalue weighted by molar-refractivity contribution is 0.282. The summed E-state index contributed by atoms with van der Waals surface area (Å²) < 4.78 is 17.1. The van der Waals surface area contributed by atoms with Crippen LogP contribution in [-0.2, 0) is 0 Å². The van der Waals surface area contributed by atoms with Gasteiger partial charge >= 0.3 is 0 Å². The van der Waals surface area contributed by atoms with Gasteiger partial charge in [-0.05, 0) is 55.8 Å². The first-order valence-corrected chi connectivity index (χ1v) is 13.5. The molecule has 2 aromatic heterocycles. The molecule has 0 unspecified atom stereocenters. The number of anilines is 2. The number of nitrogens with zero attached hydrogens (tertiary/aromatic N) is 3. The maximum Gasteiger partial charge on any atom is 0.227 e. The number of thiophene rings is 1. The van der Waals surface area contributed by atoms with Gasteiger partial charge in [0.25, 0.3) is 0 Å². The number of aliphatic hydroxyl groups is 1. The lowest BCUT2D eigenvalue weighted by Crippen LogP contribution is -2.20. The molecule has 0 bridgehead atoms. The largest absolute Gasteiger partial charge is 0.497 e. The predicted octanol–water partition coefficient (Wildman–Crippen LogP) is 5.25. The van der Waals surface area contributed by atoms with Gasteiger partial charge in [0.2, 0.25) is 5.95 Å². The molecule has 0 aliphatic rings. The highest BCUT2D eigenvalue weighted by molar-refractivity contribution is 7.18. The van der Waals surface area contributed by atoms with Gasteiger partial charge in [-0.15, -0.1) is 0 Å². The zero-order chi connectivity index (χ0) is 27.5. The number of methoxy groups -OCH3 is 1. The van der Waals surface area contributed by atoms with E-state index in [0.29, 0.717) is 47.8 Å². The molecule has 202 valence electrons. The lowest BCUT2D eigenvalue weighted by atomic mass is 10.0. The fourth-order valence-corrected chi connectivity index (χ4v) is 5.06. The Balaban J connectivity index is 1.59. The first kappa shape index (κ1) is 27.9. The van der Waals surface area contributed by atoms with E-state index in [2.05, 4.69) is 21.7 Å². The molecule has 10 heteroatoms. The minimum Gasteiger partial charge on any atom is -0.497 e. The Kier molecular flexibility index (Phi) is 10.1. The number of hydrogen-bond donors (Lipinski definition) is 3. The van der Waals surface area contributed by atoms with Crippen LogP contribution in [0.5, 0.6) is 16.6 Å². The van der Waals surface area contributed by atoms with Gasteiger partial charge in [-0.2, -0.15) is 5.26 Å². The van der Waals surface area contributed by atoms with E-state index in [4.69, 9.17) is 24.3 Å². The van der Waals surface area contributed by atoms with Crippen molar-refractivity contribution in [3.05, 3.63) is 66.4 Å². The van der Waals surface area contributed by atoms with Crippen LogP contribution >= 0.6 is 11.3 Å². The lowest BCUT2D eigenvalue weighted by Gasteiger charge is -2.10. The summed E-state index contributed by atoms with van der Waals surface area (Å²) in [5.41, 5.74) is 3.51. The van der Waals surface area contributed by atoms with Crippen molar-refractivity contribution in [2.45, 2.75) is 13.3 Å². The quantitative estimate of drug-likeness (QED) is 0.183. The maximum atomic E-state index is 10.0. The zero-order valence-electron chi connectivity index (χ0n) is 21.9. The van der Waals surface area contributed by atoms with Gasteiger partial charge in [-0.25, -0.2) is 9.97 Å². The van der Waals surface area contributed by atoms with E-state index in [-0.39, 0.29) is 6.61 Å². The molecule has 4 aromatic rings. The van der Waals surface area contributed by atoms with Crippen molar-refractivity contribution < 1.29 is 19.3 Å². The molecule has 0 aliphatic carbocycles. The van der Waals surface area contributed by atoms with Gasteiger partial charge in [-0.3, -0.25) is 0 Å². The standard InChI is InChI=1S/C29H31N5O4S/c1-3-37-28-24(19-30)26(20-7-4-9-22(17-20)36-2)27(39-28)25-11-13-32-29(34-25)33-21-8-5-10-23(18-21)38-16-6-12-31-14-15-35/h4-5,7-11,13,17-18,31,35H,3,6,12,14-16H2,1-2H3,(H,32,33,34). The average molecular weight is 546 g/mol. The van der Waals surface area contributed by atoms with Crippen LogP contribution < -0.4 is 24.8 Å². The molecule has 0 amide bonds. The van der Waals surface area contributed by atoms with Gasteiger partial charge < -0.3 is 30.0 Å². The molecule has 3 N–H and O–H groups in total. The predicted molar refractivity (Wildman–Crippen MR) is 153 cm³/mol. The fraction of sp³-hybridized carbons (Fsp3) is 0.276. The summed E-state index contributed by atoms with van der Waals surface area (Å²) in [5, 5.41) is 25.8. The smallest absolute Gasteiger partial charge is 0.227 e. The van der Waals surface area contributed by atoms with Gasteiger partial charge in [0.15, 0.2) is 5.06 Å². The third-order valence-corrected chi connectivity index (χ3v) is 6.78. The Hall–Kier alpha value is -4.17. The number of benzene rings is 2. The first-order valence-electron chi connectivity index (χ1n) is 12.7. The monoisotopic (exact) mass is 545 g/mol. The molecule has 0 aliphatic heterocycles. The second-order valence-electron chi connectivity index (χ2n) is 8.34. The number of aromatic nitrogens is 2. The van der Waals surface area contributed by atoms with Crippen LogP contribution in [0.4, 0.5) is 11.6 Å². The molecule has 0 saturated carbocycles. The molecule has 0 saturated heterocycles. The van der Waals surface area contributed by atoms with E-state index in [1.807, 2.05) is 61.5 Å². The summed E-state index contributed by atoms with van der Waals surface area (Å²) in [6, 6.07) is 19.4. The Morgan fingerprint density at radius 1 is 1.05 bits per heavy atom. The summed E-state index contributed by atoms with van der Waals surface area (Å²) >= 11 is 1.39. The highest BCUT2D eigenvalue weighted by Gasteiger charge is 2.23. The zero-order valence-corrected chi connectivity index (χ0v) is 22.8. The summed E-state index contributed by atoms with van der Waals surface area (Å²) in [5.74, 6) is 1.84. The molecule has 2 aromatic carbocycles. The summed E-state index contributed by atoms with van der Waals surface area (Å²) in [6.45, 7) is 4.38. The van der Waals surface area contributed by atoms with E-state index in [1.165, 1.54) is 11.3 Å². The molecule has 2 heterocycles. The highest BCUT2D eigenvalue weighted by Crippen LogP contribution is 2.47. The normalized spacial score (nSPS) is 10.6. The molecular weight excluding hydrogens is 514 g/mol. The van der Waals surface area contributed by atoms with Crippen molar-refractivity contribution >= 4 is 23.0 Å². The summed E-state index contributed by atoms with van der Waals surface area (Å²) in [7, 11) is 1.61. The van der Waals surface area contributed by atoms with E-state index in [0.717, 1.165) is 40.4 Å². The van der Waals surface area contributed by atoms with Crippen LogP contribution in [0.15, 0.2) is 60.8 Å². The van der Waals surface area contributed by atoms with Crippen molar-refractivity contribution in [3.63, 3.8) is 0 Å². The third kappa shape index (κ3) is 7.23. The van der Waals surface area contributed by atoms with Gasteiger partial charge in [-0.1, -0.05) is 29.5 Å². The number of nitrogens with one attached hydrogen (secondary N) is 2. The number of aliphatic hydroxyl groups excluding tert-OH is 1. The summed E-state index contributed by atoms with van der Waals surface area (Å²) in [4.78, 5) is 9.98. The van der Waals surface area contributed by atoms with Crippen LogP contribution in [-0.4, -0.2) is 55.1 Å². The van der Waals surface area contributed by atoms with Crippen molar-refractivity contribution in [1.82, 2.24) is 15.3 Å². The number of hydrogen-bond acceptors (Lipinski definition) is 10. The highest BCUT2D eigenvalue weighted by atomic mass is 32.1. The molecule has 0 fully saturated rings. The minimum atomic E-state index is 0.125. The second-order valence-corrected chi connectivity index (χ2v) is 9.32. The summed E-state index contributed by atoms with van der Waals surface area (Å²) in [6.07, 6.45) is 2.51. The van der Waals surface area contributed by atoms with Crippen molar-refractivity contribution in [2.24, 2.45) is 0 Å². The molecular formula is C29H31N5O4S. The Morgan fingerprint density at radius 3 is 2.69 bits per heavy atom. The Bertz CT molecular complexity index is 1420. The molecule has 0 spiro atoms. The Morgan fingerprint density at radius 2 is 1.90 bits per heavy atom. The fourth-order valence-electron chi connectivity index (χ4n) is 3.91. The second kappa shape index (κ2) is 14.1. The van der Waals surface area contributed by atoms with Crippen LogP contribution in [0.25, 0.3) is 21.7 Å². The van der Waals surface area contributed by atoms with E-state index >= 15 is 0 Å². The number of ether oxygens (including phenoxy) is 3. The topological polar surface area (TPSA) is 122 Å². The first-order chi connectivity index (χ1) is 19.2. The van der Waals surface area contributed by atoms with Gasteiger partial charge in [0.1, 0.15) is 23.1 Å². The molecule has 4 rings (SSSR count). The molecule has 39 heavy (non-hydrogen) atoms. The van der Waals surface area contributed by atoms with E-state index in [9.17, 15) is 5.26 Å². The molecule has 9 nitrogen and oxygen atoms in total. The van der Waals surface area contributed by atoms with Gasteiger partial charge in [0.05, 0.1) is 37.5 Å².